The Morgan fingerprint density at radius 1 is 1.32 bits per heavy atom. The molecule has 1 amide bonds. The van der Waals surface area contributed by atoms with Gasteiger partial charge in [0.1, 0.15) is 11.5 Å². The number of piperazine rings is 1. The van der Waals surface area contributed by atoms with Gasteiger partial charge in [0.2, 0.25) is 0 Å². The van der Waals surface area contributed by atoms with Crippen LogP contribution < -0.4 is 5.73 Å². The first-order valence-corrected chi connectivity index (χ1v) is 9.42. The van der Waals surface area contributed by atoms with Gasteiger partial charge >= 0.3 is 0 Å². The van der Waals surface area contributed by atoms with Crippen LogP contribution in [0.3, 0.4) is 0 Å². The van der Waals surface area contributed by atoms with Crippen molar-refractivity contribution in [2.45, 2.75) is 13.0 Å². The summed E-state index contributed by atoms with van der Waals surface area (Å²) in [5.74, 6) is -0.361. The fraction of sp³-hybridized carbons (Fsp3) is 0.412. The Morgan fingerprint density at radius 3 is 2.76 bits per heavy atom. The fourth-order valence-electron chi connectivity index (χ4n) is 2.81. The van der Waals surface area contributed by atoms with E-state index in [1.807, 2.05) is 4.90 Å². The van der Waals surface area contributed by atoms with Crippen LogP contribution in [0, 0.1) is 5.82 Å². The number of hydrogen-bond acceptors (Lipinski definition) is 5. The van der Waals surface area contributed by atoms with Gasteiger partial charge in [0.15, 0.2) is 0 Å². The predicted molar refractivity (Wildman–Crippen MR) is 97.5 cm³/mol. The number of halogens is 2. The van der Waals surface area contributed by atoms with E-state index in [0.717, 1.165) is 23.7 Å². The molecule has 0 aliphatic carbocycles. The van der Waals surface area contributed by atoms with Crippen molar-refractivity contribution in [3.05, 3.63) is 50.7 Å². The minimum Gasteiger partial charge on any atom is -0.335 e. The lowest BCUT2D eigenvalue weighted by atomic mass is 10.2. The number of thiazole rings is 1. The van der Waals surface area contributed by atoms with Crippen molar-refractivity contribution < 1.29 is 9.18 Å². The molecule has 1 aromatic carbocycles. The third kappa shape index (κ3) is 4.55. The Bertz CT molecular complexity index is 746. The Hall–Kier alpha value is -1.54. The normalized spacial score (nSPS) is 15.6. The van der Waals surface area contributed by atoms with Crippen molar-refractivity contribution in [1.82, 2.24) is 14.8 Å². The van der Waals surface area contributed by atoms with E-state index in [2.05, 4.69) is 9.88 Å². The quantitative estimate of drug-likeness (QED) is 0.862. The first-order chi connectivity index (χ1) is 12.1. The topological polar surface area (TPSA) is 62.5 Å². The zero-order valence-electron chi connectivity index (χ0n) is 13.8. The standard InChI is InChI=1S/C17H20ClFN4OS/c18-14-9-13(19)2-1-12(14)10-22-5-7-23(8-6-22)17(24)15-11-25-16(21-15)3-4-20/h1-2,9,11H,3-8,10,20H2. The first-order valence-electron chi connectivity index (χ1n) is 8.17. The predicted octanol–water partition coefficient (Wildman–Crippen LogP) is 2.39. The van der Waals surface area contributed by atoms with Crippen LogP contribution in [-0.2, 0) is 13.0 Å². The van der Waals surface area contributed by atoms with Crippen LogP contribution in [0.1, 0.15) is 21.1 Å². The van der Waals surface area contributed by atoms with Crippen molar-refractivity contribution in [2.24, 2.45) is 5.73 Å². The molecule has 0 bridgehead atoms. The van der Waals surface area contributed by atoms with E-state index in [9.17, 15) is 9.18 Å². The van der Waals surface area contributed by atoms with Crippen molar-refractivity contribution in [3.63, 3.8) is 0 Å². The molecule has 1 aliphatic rings. The van der Waals surface area contributed by atoms with Crippen molar-refractivity contribution in [3.8, 4) is 0 Å². The number of carbonyl (C=O) groups excluding carboxylic acids is 1. The molecule has 2 heterocycles. The Morgan fingerprint density at radius 2 is 2.08 bits per heavy atom. The molecule has 0 spiro atoms. The molecule has 0 radical (unpaired) electrons. The fourth-order valence-corrected chi connectivity index (χ4v) is 3.82. The molecule has 0 unspecified atom stereocenters. The van der Waals surface area contributed by atoms with E-state index in [1.165, 1.54) is 23.5 Å². The Kier molecular flexibility index (Phi) is 6.01. The highest BCUT2D eigenvalue weighted by Gasteiger charge is 2.24. The average Bonchev–Trinajstić information content (AvgIpc) is 3.06. The van der Waals surface area contributed by atoms with Crippen LogP contribution in [0.5, 0.6) is 0 Å². The summed E-state index contributed by atoms with van der Waals surface area (Å²) in [4.78, 5) is 20.9. The third-order valence-electron chi connectivity index (χ3n) is 4.20. The van der Waals surface area contributed by atoms with Crippen LogP contribution in [0.15, 0.2) is 23.6 Å². The molecule has 2 aromatic rings. The molecule has 0 atom stereocenters. The second kappa shape index (κ2) is 8.23. The van der Waals surface area contributed by atoms with Crippen LogP contribution in [0.4, 0.5) is 4.39 Å². The largest absolute Gasteiger partial charge is 0.335 e. The van der Waals surface area contributed by atoms with E-state index in [-0.39, 0.29) is 11.7 Å². The van der Waals surface area contributed by atoms with E-state index in [4.69, 9.17) is 17.3 Å². The molecule has 5 nitrogen and oxygen atoms in total. The number of benzene rings is 1. The summed E-state index contributed by atoms with van der Waals surface area (Å²) in [6.07, 6.45) is 0.699. The number of amides is 1. The molecule has 1 aliphatic heterocycles. The summed E-state index contributed by atoms with van der Waals surface area (Å²) in [6.45, 7) is 3.96. The number of rotatable bonds is 5. The second-order valence-electron chi connectivity index (χ2n) is 5.97. The molecule has 134 valence electrons. The van der Waals surface area contributed by atoms with E-state index in [0.29, 0.717) is 43.3 Å². The summed E-state index contributed by atoms with van der Waals surface area (Å²) in [6, 6.07) is 4.46. The second-order valence-corrected chi connectivity index (χ2v) is 7.32. The highest BCUT2D eigenvalue weighted by molar-refractivity contribution is 7.09. The van der Waals surface area contributed by atoms with Crippen LogP contribution in [0.2, 0.25) is 5.02 Å². The molecular weight excluding hydrogens is 363 g/mol. The molecule has 2 N–H and O–H groups in total. The van der Waals surface area contributed by atoms with Gasteiger partial charge in [0, 0.05) is 49.5 Å². The summed E-state index contributed by atoms with van der Waals surface area (Å²) in [7, 11) is 0. The van der Waals surface area contributed by atoms with Crippen LogP contribution in [0.25, 0.3) is 0 Å². The molecule has 8 heteroatoms. The highest BCUT2D eigenvalue weighted by Crippen LogP contribution is 2.20. The molecule has 0 saturated carbocycles. The van der Waals surface area contributed by atoms with Gasteiger partial charge in [-0.2, -0.15) is 0 Å². The van der Waals surface area contributed by atoms with E-state index < -0.39 is 0 Å². The van der Waals surface area contributed by atoms with Crippen molar-refractivity contribution >= 4 is 28.8 Å². The molecular formula is C17H20ClFN4OS. The molecule has 3 rings (SSSR count). The molecule has 1 aromatic heterocycles. The summed E-state index contributed by atoms with van der Waals surface area (Å²) < 4.78 is 13.1. The number of nitrogens with two attached hydrogens (primary N) is 1. The number of nitrogens with zero attached hydrogens (tertiary/aromatic N) is 3. The van der Waals surface area contributed by atoms with Gasteiger partial charge in [-0.1, -0.05) is 17.7 Å². The lowest BCUT2D eigenvalue weighted by molar-refractivity contribution is 0.0623. The summed E-state index contributed by atoms with van der Waals surface area (Å²) in [5.41, 5.74) is 6.92. The van der Waals surface area contributed by atoms with Gasteiger partial charge in [-0.15, -0.1) is 11.3 Å². The third-order valence-corrected chi connectivity index (χ3v) is 5.46. The Labute approximate surface area is 155 Å². The minimum absolute atomic E-state index is 0.0287. The maximum Gasteiger partial charge on any atom is 0.273 e. The van der Waals surface area contributed by atoms with Gasteiger partial charge in [0.25, 0.3) is 5.91 Å². The monoisotopic (exact) mass is 382 g/mol. The van der Waals surface area contributed by atoms with E-state index in [1.54, 1.807) is 11.4 Å². The zero-order chi connectivity index (χ0) is 17.8. The van der Waals surface area contributed by atoms with Crippen molar-refractivity contribution in [1.29, 1.82) is 0 Å². The van der Waals surface area contributed by atoms with Gasteiger partial charge in [-0.05, 0) is 24.2 Å². The maximum absolute atomic E-state index is 13.1. The number of hydrogen-bond donors (Lipinski definition) is 1. The summed E-state index contributed by atoms with van der Waals surface area (Å²) in [5, 5.41) is 3.14. The van der Waals surface area contributed by atoms with Crippen LogP contribution in [-0.4, -0.2) is 53.4 Å². The SMILES string of the molecule is NCCc1nc(C(=O)N2CCN(Cc3ccc(F)cc3Cl)CC2)cs1. The summed E-state index contributed by atoms with van der Waals surface area (Å²) >= 11 is 7.57. The van der Waals surface area contributed by atoms with Gasteiger partial charge in [0.05, 0.1) is 5.01 Å². The zero-order valence-corrected chi connectivity index (χ0v) is 15.3. The first kappa shape index (κ1) is 18.3. The van der Waals surface area contributed by atoms with Gasteiger partial charge in [-0.25, -0.2) is 9.37 Å². The number of carbonyl (C=O) groups is 1. The molecule has 25 heavy (non-hydrogen) atoms. The molecule has 1 saturated heterocycles. The van der Waals surface area contributed by atoms with E-state index >= 15 is 0 Å². The molecule has 1 fully saturated rings. The highest BCUT2D eigenvalue weighted by atomic mass is 35.5. The Balaban J connectivity index is 1.55. The minimum atomic E-state index is -0.332. The van der Waals surface area contributed by atoms with Crippen molar-refractivity contribution in [2.75, 3.05) is 32.7 Å². The number of aromatic nitrogens is 1. The lowest BCUT2D eigenvalue weighted by Crippen LogP contribution is -2.48. The van der Waals surface area contributed by atoms with Gasteiger partial charge in [-0.3, -0.25) is 9.69 Å². The van der Waals surface area contributed by atoms with Gasteiger partial charge < -0.3 is 10.6 Å². The van der Waals surface area contributed by atoms with Crippen LogP contribution >= 0.6 is 22.9 Å². The lowest BCUT2D eigenvalue weighted by Gasteiger charge is -2.34. The maximum atomic E-state index is 13.1. The smallest absolute Gasteiger partial charge is 0.273 e. The average molecular weight is 383 g/mol.